The fourth-order valence-electron chi connectivity index (χ4n) is 1.79. The molecule has 0 aromatic heterocycles. The summed E-state index contributed by atoms with van der Waals surface area (Å²) in [5.41, 5.74) is 1.28. The Bertz CT molecular complexity index is 292. The molecule has 0 heterocycles. The van der Waals surface area contributed by atoms with Gasteiger partial charge in [-0.3, -0.25) is 0 Å². The van der Waals surface area contributed by atoms with Crippen LogP contribution in [0.25, 0.3) is 0 Å². The summed E-state index contributed by atoms with van der Waals surface area (Å²) in [6.45, 7) is 7.83. The van der Waals surface area contributed by atoms with Crippen LogP contribution in [0.15, 0.2) is 24.3 Å². The van der Waals surface area contributed by atoms with Gasteiger partial charge in [0.05, 0.1) is 7.11 Å². The molecule has 0 N–H and O–H groups in total. The van der Waals surface area contributed by atoms with Gasteiger partial charge in [-0.25, -0.2) is 0 Å². The summed E-state index contributed by atoms with van der Waals surface area (Å²) < 4.78 is 5.17. The van der Waals surface area contributed by atoms with Gasteiger partial charge in [0.2, 0.25) is 0 Å². The van der Waals surface area contributed by atoms with Crippen LogP contribution in [-0.4, -0.2) is 19.7 Å². The summed E-state index contributed by atoms with van der Waals surface area (Å²) in [6, 6.07) is 8.86. The second-order valence-corrected chi connectivity index (χ2v) is 4.34. The maximum Gasteiger partial charge on any atom is 0.119 e. The van der Waals surface area contributed by atoms with Crippen LogP contribution in [0, 0.1) is 0 Å². The lowest BCUT2D eigenvalue weighted by atomic mass is 10.2. The van der Waals surface area contributed by atoms with Gasteiger partial charge in [-0.05, 0) is 44.5 Å². The molecule has 0 aliphatic carbocycles. The van der Waals surface area contributed by atoms with Crippen molar-refractivity contribution in [2.24, 2.45) is 0 Å². The highest BCUT2D eigenvalue weighted by Gasteiger charge is 2.09. The zero-order valence-corrected chi connectivity index (χ0v) is 10.9. The summed E-state index contributed by atoms with van der Waals surface area (Å²) >= 11 is 0. The first kappa shape index (κ1) is 12.9. The number of anilines is 1. The van der Waals surface area contributed by atoms with Crippen LogP contribution >= 0.6 is 0 Å². The summed E-state index contributed by atoms with van der Waals surface area (Å²) in [5.74, 6) is 0.919. The average Bonchev–Trinajstić information content (AvgIpc) is 2.30. The Labute approximate surface area is 99.2 Å². The van der Waals surface area contributed by atoms with Gasteiger partial charge in [-0.1, -0.05) is 13.3 Å². The van der Waals surface area contributed by atoms with Crippen molar-refractivity contribution >= 4 is 5.69 Å². The van der Waals surface area contributed by atoms with Gasteiger partial charge in [0.15, 0.2) is 0 Å². The van der Waals surface area contributed by atoms with Crippen molar-refractivity contribution in [2.45, 2.75) is 39.7 Å². The Morgan fingerprint density at radius 3 is 2.25 bits per heavy atom. The Morgan fingerprint density at radius 1 is 1.19 bits per heavy atom. The second-order valence-electron chi connectivity index (χ2n) is 4.34. The molecule has 0 saturated carbocycles. The van der Waals surface area contributed by atoms with E-state index >= 15 is 0 Å². The minimum absolute atomic E-state index is 0.542. The van der Waals surface area contributed by atoms with E-state index in [0.717, 1.165) is 12.3 Å². The third-order valence-corrected chi connectivity index (χ3v) is 2.78. The summed E-state index contributed by atoms with van der Waals surface area (Å²) in [5, 5.41) is 0. The van der Waals surface area contributed by atoms with Crippen molar-refractivity contribution in [3.63, 3.8) is 0 Å². The molecule has 0 unspecified atom stereocenters. The lowest BCUT2D eigenvalue weighted by molar-refractivity contribution is 0.414. The molecule has 90 valence electrons. The van der Waals surface area contributed by atoms with Gasteiger partial charge in [0.25, 0.3) is 0 Å². The van der Waals surface area contributed by atoms with Gasteiger partial charge in [-0.2, -0.15) is 0 Å². The molecule has 0 fully saturated rings. The highest BCUT2D eigenvalue weighted by Crippen LogP contribution is 2.21. The molecule has 2 nitrogen and oxygen atoms in total. The lowest BCUT2D eigenvalue weighted by Gasteiger charge is -2.29. The predicted molar refractivity (Wildman–Crippen MR) is 70.4 cm³/mol. The molecule has 0 atom stereocenters. The summed E-state index contributed by atoms with van der Waals surface area (Å²) in [4.78, 5) is 2.43. The first-order chi connectivity index (χ1) is 7.69. The van der Waals surface area contributed by atoms with E-state index < -0.39 is 0 Å². The lowest BCUT2D eigenvalue weighted by Crippen LogP contribution is -2.31. The van der Waals surface area contributed by atoms with Gasteiger partial charge in [-0.15, -0.1) is 0 Å². The molecular weight excluding hydrogens is 198 g/mol. The predicted octanol–water partition coefficient (Wildman–Crippen LogP) is 3.71. The first-order valence-electron chi connectivity index (χ1n) is 6.09. The van der Waals surface area contributed by atoms with E-state index in [9.17, 15) is 0 Å². The maximum atomic E-state index is 5.17. The van der Waals surface area contributed by atoms with E-state index in [0.29, 0.717) is 6.04 Å². The third kappa shape index (κ3) is 3.44. The van der Waals surface area contributed by atoms with Crippen molar-refractivity contribution in [1.82, 2.24) is 0 Å². The van der Waals surface area contributed by atoms with Crippen molar-refractivity contribution < 1.29 is 4.74 Å². The highest BCUT2D eigenvalue weighted by atomic mass is 16.5. The zero-order valence-electron chi connectivity index (χ0n) is 10.9. The average molecular weight is 221 g/mol. The monoisotopic (exact) mass is 221 g/mol. The molecule has 0 aliphatic rings. The van der Waals surface area contributed by atoms with Crippen LogP contribution < -0.4 is 9.64 Å². The normalized spacial score (nSPS) is 10.6. The SMILES string of the molecule is CCCCN(c1ccc(OC)cc1)C(C)C. The number of rotatable bonds is 6. The molecule has 1 rings (SSSR count). The molecular formula is C14H23NO. The van der Waals surface area contributed by atoms with Crippen LogP contribution in [0.2, 0.25) is 0 Å². The van der Waals surface area contributed by atoms with Gasteiger partial charge in [0, 0.05) is 18.3 Å². The Kier molecular flexibility index (Phi) is 5.17. The molecule has 16 heavy (non-hydrogen) atoms. The van der Waals surface area contributed by atoms with E-state index in [2.05, 4.69) is 37.8 Å². The smallest absolute Gasteiger partial charge is 0.119 e. The second kappa shape index (κ2) is 6.41. The Balaban J connectivity index is 2.75. The van der Waals surface area contributed by atoms with Crippen LogP contribution in [0.4, 0.5) is 5.69 Å². The Hall–Kier alpha value is -1.18. The minimum Gasteiger partial charge on any atom is -0.497 e. The van der Waals surface area contributed by atoms with Crippen molar-refractivity contribution in [2.75, 3.05) is 18.6 Å². The topological polar surface area (TPSA) is 12.5 Å². The number of hydrogen-bond acceptors (Lipinski definition) is 2. The van der Waals surface area contributed by atoms with E-state index in [4.69, 9.17) is 4.74 Å². The quantitative estimate of drug-likeness (QED) is 0.726. The molecule has 1 aromatic rings. The van der Waals surface area contributed by atoms with E-state index in [1.54, 1.807) is 7.11 Å². The first-order valence-corrected chi connectivity index (χ1v) is 6.09. The third-order valence-electron chi connectivity index (χ3n) is 2.78. The number of methoxy groups -OCH3 is 1. The largest absolute Gasteiger partial charge is 0.497 e. The molecule has 0 amide bonds. The van der Waals surface area contributed by atoms with Crippen molar-refractivity contribution in [3.8, 4) is 5.75 Å². The fourth-order valence-corrected chi connectivity index (χ4v) is 1.79. The minimum atomic E-state index is 0.542. The molecule has 0 bridgehead atoms. The van der Waals surface area contributed by atoms with Gasteiger partial charge in [0.1, 0.15) is 5.75 Å². The standard InChI is InChI=1S/C14H23NO/c1-5-6-11-15(12(2)3)13-7-9-14(16-4)10-8-13/h7-10,12H,5-6,11H2,1-4H3. The van der Waals surface area contributed by atoms with Crippen molar-refractivity contribution in [3.05, 3.63) is 24.3 Å². The molecule has 0 radical (unpaired) electrons. The number of unbranched alkanes of at least 4 members (excludes halogenated alkanes) is 1. The van der Waals surface area contributed by atoms with Gasteiger partial charge < -0.3 is 9.64 Å². The summed E-state index contributed by atoms with van der Waals surface area (Å²) in [6.07, 6.45) is 2.48. The molecule has 2 heteroatoms. The zero-order chi connectivity index (χ0) is 12.0. The summed E-state index contributed by atoms with van der Waals surface area (Å²) in [7, 11) is 1.70. The number of benzene rings is 1. The maximum absolute atomic E-state index is 5.17. The van der Waals surface area contributed by atoms with Crippen LogP contribution in [0.1, 0.15) is 33.6 Å². The van der Waals surface area contributed by atoms with E-state index in [1.807, 2.05) is 12.1 Å². The highest BCUT2D eigenvalue weighted by molar-refractivity contribution is 5.49. The Morgan fingerprint density at radius 2 is 1.81 bits per heavy atom. The molecule has 0 aliphatic heterocycles. The van der Waals surface area contributed by atoms with E-state index in [1.165, 1.54) is 18.5 Å². The fraction of sp³-hybridized carbons (Fsp3) is 0.571. The van der Waals surface area contributed by atoms with Crippen LogP contribution in [0.3, 0.4) is 0 Å². The molecule has 0 spiro atoms. The molecule has 1 aromatic carbocycles. The van der Waals surface area contributed by atoms with Crippen LogP contribution in [-0.2, 0) is 0 Å². The van der Waals surface area contributed by atoms with Crippen molar-refractivity contribution in [1.29, 1.82) is 0 Å². The van der Waals surface area contributed by atoms with Crippen LogP contribution in [0.5, 0.6) is 5.75 Å². The number of hydrogen-bond donors (Lipinski definition) is 0. The van der Waals surface area contributed by atoms with E-state index in [-0.39, 0.29) is 0 Å². The van der Waals surface area contributed by atoms with Gasteiger partial charge >= 0.3 is 0 Å². The number of nitrogens with zero attached hydrogens (tertiary/aromatic N) is 1. The molecule has 0 saturated heterocycles. The number of ether oxygens (including phenoxy) is 1.